The topological polar surface area (TPSA) is 3.24 Å². The summed E-state index contributed by atoms with van der Waals surface area (Å²) in [5.41, 5.74) is 0. The Balaban J connectivity index is 2.32. The summed E-state index contributed by atoms with van der Waals surface area (Å²) in [6, 6.07) is 0.774. The van der Waals surface area contributed by atoms with Crippen molar-refractivity contribution in [1.82, 2.24) is 4.90 Å². The van der Waals surface area contributed by atoms with Crippen LogP contribution in [0.2, 0.25) is 0 Å². The highest BCUT2D eigenvalue weighted by Crippen LogP contribution is 2.16. The van der Waals surface area contributed by atoms with Gasteiger partial charge in [0.15, 0.2) is 0 Å². The molecule has 0 aromatic carbocycles. The van der Waals surface area contributed by atoms with Crippen LogP contribution in [-0.2, 0) is 0 Å². The first-order valence-corrected chi connectivity index (χ1v) is 5.69. The van der Waals surface area contributed by atoms with Gasteiger partial charge in [0.2, 0.25) is 0 Å². The Hall–Kier alpha value is 0.310. The Morgan fingerprint density at radius 1 is 1.09 bits per heavy atom. The van der Waals surface area contributed by atoms with E-state index in [0.717, 1.165) is 12.0 Å². The number of rotatable bonds is 2. The average Bonchev–Trinajstić information content (AvgIpc) is 2.05. The summed E-state index contributed by atoms with van der Waals surface area (Å²) in [5, 5.41) is 0. The molecule has 1 aliphatic rings. The molecule has 0 aromatic rings. The lowest BCUT2D eigenvalue weighted by Gasteiger charge is -2.34. The molecule has 1 heterocycles. The van der Waals surface area contributed by atoms with Gasteiger partial charge in [-0.3, -0.25) is 4.90 Å². The molecule has 0 spiro atoms. The van der Waals surface area contributed by atoms with Crippen molar-refractivity contribution in [3.8, 4) is 0 Å². The molecule has 0 bridgehead atoms. The largest absolute Gasteiger partial charge is 0.299 e. The highest BCUT2D eigenvalue weighted by molar-refractivity contribution is 7.99. The lowest BCUT2D eigenvalue weighted by Crippen LogP contribution is -2.42. The van der Waals surface area contributed by atoms with Crippen molar-refractivity contribution in [2.75, 3.05) is 24.6 Å². The summed E-state index contributed by atoms with van der Waals surface area (Å²) < 4.78 is 0. The molecule has 0 aliphatic carbocycles. The molecule has 1 nitrogen and oxygen atoms in total. The zero-order valence-corrected chi connectivity index (χ0v) is 8.66. The molecule has 0 N–H and O–H groups in total. The van der Waals surface area contributed by atoms with E-state index in [1.54, 1.807) is 0 Å². The van der Waals surface area contributed by atoms with Crippen molar-refractivity contribution in [3.63, 3.8) is 0 Å². The third kappa shape index (κ3) is 2.68. The van der Waals surface area contributed by atoms with Gasteiger partial charge in [-0.1, -0.05) is 13.8 Å². The van der Waals surface area contributed by atoms with Gasteiger partial charge >= 0.3 is 0 Å². The molecule has 0 unspecified atom stereocenters. The maximum Gasteiger partial charge on any atom is 0.00905 e. The summed E-state index contributed by atoms with van der Waals surface area (Å²) in [5.74, 6) is 3.46. The lowest BCUT2D eigenvalue weighted by atomic mass is 10.1. The molecule has 0 radical (unpaired) electrons. The van der Waals surface area contributed by atoms with Crippen LogP contribution < -0.4 is 0 Å². The fourth-order valence-electron chi connectivity index (χ4n) is 1.41. The van der Waals surface area contributed by atoms with Crippen molar-refractivity contribution < 1.29 is 0 Å². The molecule has 11 heavy (non-hydrogen) atoms. The minimum absolute atomic E-state index is 0.774. The predicted octanol–water partition coefficient (Wildman–Crippen LogP) is 2.08. The summed E-state index contributed by atoms with van der Waals surface area (Å²) in [7, 11) is 0. The molecule has 66 valence electrons. The summed E-state index contributed by atoms with van der Waals surface area (Å²) in [6.45, 7) is 9.56. The van der Waals surface area contributed by atoms with Gasteiger partial charge in [0, 0.05) is 30.6 Å². The fourth-order valence-corrected chi connectivity index (χ4v) is 2.34. The van der Waals surface area contributed by atoms with Crippen molar-refractivity contribution in [3.05, 3.63) is 0 Å². The van der Waals surface area contributed by atoms with Crippen molar-refractivity contribution >= 4 is 11.8 Å². The van der Waals surface area contributed by atoms with Gasteiger partial charge < -0.3 is 0 Å². The maximum absolute atomic E-state index is 2.61. The van der Waals surface area contributed by atoms with Gasteiger partial charge in [0.1, 0.15) is 0 Å². The summed E-state index contributed by atoms with van der Waals surface area (Å²) >= 11 is 2.09. The van der Waals surface area contributed by atoms with E-state index in [1.807, 2.05) is 0 Å². The van der Waals surface area contributed by atoms with E-state index in [9.17, 15) is 0 Å². The molecule has 1 atom stereocenters. The number of hydrogen-bond acceptors (Lipinski definition) is 2. The van der Waals surface area contributed by atoms with Crippen LogP contribution in [0, 0.1) is 5.92 Å². The zero-order chi connectivity index (χ0) is 8.27. The van der Waals surface area contributed by atoms with E-state index in [1.165, 1.54) is 24.6 Å². The Morgan fingerprint density at radius 2 is 1.64 bits per heavy atom. The monoisotopic (exact) mass is 173 g/mol. The van der Waals surface area contributed by atoms with Gasteiger partial charge in [-0.15, -0.1) is 0 Å². The average molecular weight is 173 g/mol. The minimum atomic E-state index is 0.774. The van der Waals surface area contributed by atoms with Crippen LogP contribution in [0.4, 0.5) is 0 Å². The van der Waals surface area contributed by atoms with Gasteiger partial charge in [0.25, 0.3) is 0 Å². The van der Waals surface area contributed by atoms with E-state index < -0.39 is 0 Å². The molecule has 0 aromatic heterocycles. The fraction of sp³-hybridized carbons (Fsp3) is 1.00. The first-order chi connectivity index (χ1) is 5.22. The van der Waals surface area contributed by atoms with Gasteiger partial charge in [-0.25, -0.2) is 0 Å². The number of nitrogens with zero attached hydrogens (tertiary/aromatic N) is 1. The van der Waals surface area contributed by atoms with Gasteiger partial charge in [-0.2, -0.15) is 11.8 Å². The summed E-state index contributed by atoms with van der Waals surface area (Å²) in [4.78, 5) is 2.61. The van der Waals surface area contributed by atoms with Crippen molar-refractivity contribution in [2.45, 2.75) is 26.8 Å². The van der Waals surface area contributed by atoms with Crippen LogP contribution in [0.15, 0.2) is 0 Å². The maximum atomic E-state index is 2.61. The van der Waals surface area contributed by atoms with E-state index >= 15 is 0 Å². The van der Waals surface area contributed by atoms with Crippen LogP contribution in [0.25, 0.3) is 0 Å². The van der Waals surface area contributed by atoms with E-state index in [4.69, 9.17) is 0 Å². The molecular weight excluding hydrogens is 154 g/mol. The smallest absolute Gasteiger partial charge is 0.00905 e. The molecular formula is C9H19NS. The minimum Gasteiger partial charge on any atom is -0.299 e. The third-order valence-electron chi connectivity index (χ3n) is 2.59. The second-order valence-electron chi connectivity index (χ2n) is 3.63. The lowest BCUT2D eigenvalue weighted by molar-refractivity contribution is 0.185. The Kier molecular flexibility index (Phi) is 3.73. The van der Waals surface area contributed by atoms with Crippen molar-refractivity contribution in [2.24, 2.45) is 5.92 Å². The highest BCUT2D eigenvalue weighted by atomic mass is 32.2. The Bertz CT molecular complexity index is 108. The Labute approximate surface area is 74.5 Å². The van der Waals surface area contributed by atoms with Crippen LogP contribution in [0.3, 0.4) is 0 Å². The van der Waals surface area contributed by atoms with Crippen LogP contribution in [0.1, 0.15) is 20.8 Å². The Morgan fingerprint density at radius 3 is 2.09 bits per heavy atom. The van der Waals surface area contributed by atoms with Crippen LogP contribution in [0.5, 0.6) is 0 Å². The van der Waals surface area contributed by atoms with Crippen molar-refractivity contribution in [1.29, 1.82) is 0 Å². The van der Waals surface area contributed by atoms with Gasteiger partial charge in [-0.05, 0) is 12.8 Å². The predicted molar refractivity (Wildman–Crippen MR) is 53.2 cm³/mol. The molecule has 1 fully saturated rings. The second kappa shape index (κ2) is 4.36. The first kappa shape index (κ1) is 9.40. The van der Waals surface area contributed by atoms with E-state index in [0.29, 0.717) is 0 Å². The molecule has 1 aliphatic heterocycles. The molecule has 0 saturated carbocycles. The number of hydrogen-bond donors (Lipinski definition) is 0. The van der Waals surface area contributed by atoms with E-state index in [-0.39, 0.29) is 0 Å². The number of thioether (sulfide) groups is 1. The zero-order valence-electron chi connectivity index (χ0n) is 7.84. The van der Waals surface area contributed by atoms with Gasteiger partial charge in [0.05, 0.1) is 0 Å². The molecule has 2 heteroatoms. The third-order valence-corrected chi connectivity index (χ3v) is 3.53. The van der Waals surface area contributed by atoms with E-state index in [2.05, 4.69) is 37.4 Å². The normalized spacial score (nSPS) is 24.0. The highest BCUT2D eigenvalue weighted by Gasteiger charge is 2.18. The second-order valence-corrected chi connectivity index (χ2v) is 4.86. The van der Waals surface area contributed by atoms with Crippen LogP contribution >= 0.6 is 11.8 Å². The SMILES string of the molecule is CC(C)[C@H](C)N1CCSCC1. The molecule has 0 amide bonds. The summed E-state index contributed by atoms with van der Waals surface area (Å²) in [6.07, 6.45) is 0. The first-order valence-electron chi connectivity index (χ1n) is 4.53. The van der Waals surface area contributed by atoms with Crippen LogP contribution in [-0.4, -0.2) is 35.5 Å². The molecule has 1 saturated heterocycles. The standard InChI is InChI=1S/C9H19NS/c1-8(2)9(3)10-4-6-11-7-5-10/h8-9H,4-7H2,1-3H3/t9-/m0/s1. The quantitative estimate of drug-likeness (QED) is 0.629. The molecule has 1 rings (SSSR count).